The highest BCUT2D eigenvalue weighted by Crippen LogP contribution is 2.32. The van der Waals surface area contributed by atoms with Crippen LogP contribution in [0.2, 0.25) is 0 Å². The molecule has 9 heteroatoms. The van der Waals surface area contributed by atoms with Crippen molar-refractivity contribution in [3.8, 4) is 0 Å². The molecule has 1 aliphatic rings. The van der Waals surface area contributed by atoms with Crippen LogP contribution in [0.4, 0.5) is 11.5 Å². The number of rotatable bonds is 6. The van der Waals surface area contributed by atoms with Crippen molar-refractivity contribution < 1.29 is 18.1 Å². The number of non-ortho nitro benzene ring substituents is 1. The van der Waals surface area contributed by atoms with Crippen LogP contribution >= 0.6 is 0 Å². The molecule has 8 nitrogen and oxygen atoms in total. The molecular formula is C17H21N3O5S. The molecule has 0 bridgehead atoms. The number of sulfone groups is 1. The minimum atomic E-state index is -3.11. The maximum Gasteiger partial charge on any atom is 0.270 e. The van der Waals surface area contributed by atoms with E-state index in [0.717, 1.165) is 0 Å². The fourth-order valence-corrected chi connectivity index (χ4v) is 4.84. The molecule has 1 aromatic heterocycles. The average Bonchev–Trinajstić information content (AvgIpc) is 2.58. The number of aromatic nitrogens is 1. The van der Waals surface area contributed by atoms with Crippen LogP contribution < -0.4 is 5.32 Å². The summed E-state index contributed by atoms with van der Waals surface area (Å²) in [4.78, 5) is 14.9. The lowest BCUT2D eigenvalue weighted by molar-refractivity contribution is -0.384. The van der Waals surface area contributed by atoms with Gasteiger partial charge in [0.25, 0.3) is 5.69 Å². The summed E-state index contributed by atoms with van der Waals surface area (Å²) in [6.45, 7) is 1.58. The molecule has 1 saturated heterocycles. The molecule has 2 heterocycles. The number of nitro groups is 1. The van der Waals surface area contributed by atoms with Crippen molar-refractivity contribution in [2.75, 3.05) is 37.1 Å². The standard InChI is InChI=1S/C17H21N3O5S/c1-26(23,24)12-17(6-8-25-9-7-17)11-18-16-5-2-13-10-14(20(21)22)3-4-15(13)19-16/h2-5,10H,6-9,11-12H2,1H3,(H,18,19). The molecule has 0 amide bonds. The summed E-state index contributed by atoms with van der Waals surface area (Å²) in [5.41, 5.74) is 0.289. The molecular weight excluding hydrogens is 358 g/mol. The number of fused-ring (bicyclic) bond motifs is 1. The first kappa shape index (κ1) is 18.5. The fourth-order valence-electron chi connectivity index (χ4n) is 3.34. The summed E-state index contributed by atoms with van der Waals surface area (Å²) >= 11 is 0. The Balaban J connectivity index is 1.78. The maximum atomic E-state index is 11.8. The van der Waals surface area contributed by atoms with Gasteiger partial charge >= 0.3 is 0 Å². The minimum Gasteiger partial charge on any atom is -0.381 e. The Bertz CT molecular complexity index is 923. The van der Waals surface area contributed by atoms with E-state index in [1.807, 2.05) is 0 Å². The zero-order valence-corrected chi connectivity index (χ0v) is 15.3. The lowest BCUT2D eigenvalue weighted by Gasteiger charge is -2.36. The summed E-state index contributed by atoms with van der Waals surface area (Å²) in [5, 5.41) is 14.8. The largest absolute Gasteiger partial charge is 0.381 e. The molecule has 2 aromatic rings. The van der Waals surface area contributed by atoms with Crippen molar-refractivity contribution in [3.63, 3.8) is 0 Å². The molecule has 1 aliphatic heterocycles. The molecule has 0 spiro atoms. The summed E-state index contributed by atoms with van der Waals surface area (Å²) in [6.07, 6.45) is 2.60. The highest BCUT2D eigenvalue weighted by Gasteiger charge is 2.35. The van der Waals surface area contributed by atoms with Gasteiger partial charge in [-0.05, 0) is 31.0 Å². The SMILES string of the molecule is CS(=O)(=O)CC1(CNc2ccc3cc([N+](=O)[O-])ccc3n2)CCOCC1. The van der Waals surface area contributed by atoms with Gasteiger partial charge in [0, 0.05) is 48.9 Å². The Hall–Kier alpha value is -2.26. The van der Waals surface area contributed by atoms with Gasteiger partial charge in [-0.25, -0.2) is 13.4 Å². The molecule has 0 radical (unpaired) electrons. The number of ether oxygens (including phenoxy) is 1. The number of nitrogens with zero attached hydrogens (tertiary/aromatic N) is 2. The topological polar surface area (TPSA) is 111 Å². The Kier molecular flexibility index (Phi) is 5.10. The molecule has 26 heavy (non-hydrogen) atoms. The van der Waals surface area contributed by atoms with Crippen LogP contribution in [-0.4, -0.2) is 50.1 Å². The second-order valence-corrected chi connectivity index (χ2v) is 9.01. The van der Waals surface area contributed by atoms with Crippen LogP contribution in [0.25, 0.3) is 10.9 Å². The van der Waals surface area contributed by atoms with Crippen LogP contribution in [-0.2, 0) is 14.6 Å². The van der Waals surface area contributed by atoms with Gasteiger partial charge < -0.3 is 10.1 Å². The Morgan fingerprint density at radius 1 is 1.27 bits per heavy atom. The predicted octanol–water partition coefficient (Wildman–Crippen LogP) is 2.40. The predicted molar refractivity (Wildman–Crippen MR) is 99.1 cm³/mol. The number of pyridine rings is 1. The average molecular weight is 379 g/mol. The molecule has 1 aromatic carbocycles. The Labute approximate surface area is 151 Å². The van der Waals surface area contributed by atoms with Crippen molar-refractivity contribution in [2.45, 2.75) is 12.8 Å². The van der Waals surface area contributed by atoms with Gasteiger partial charge in [0.2, 0.25) is 0 Å². The van der Waals surface area contributed by atoms with Crippen LogP contribution in [0.15, 0.2) is 30.3 Å². The molecule has 3 rings (SSSR count). The normalized spacial score (nSPS) is 17.1. The van der Waals surface area contributed by atoms with E-state index in [1.54, 1.807) is 18.2 Å². The highest BCUT2D eigenvalue weighted by atomic mass is 32.2. The van der Waals surface area contributed by atoms with Crippen molar-refractivity contribution >= 4 is 32.2 Å². The van der Waals surface area contributed by atoms with Crippen LogP contribution in [0, 0.1) is 15.5 Å². The lowest BCUT2D eigenvalue weighted by Crippen LogP contribution is -2.41. The number of hydrogen-bond acceptors (Lipinski definition) is 7. The molecule has 1 N–H and O–H groups in total. The number of nitrogens with one attached hydrogen (secondary N) is 1. The first-order chi connectivity index (χ1) is 12.3. The molecule has 140 valence electrons. The number of hydrogen-bond donors (Lipinski definition) is 1. The summed E-state index contributed by atoms with van der Waals surface area (Å²) < 4.78 is 29.1. The van der Waals surface area contributed by atoms with Crippen LogP contribution in [0.3, 0.4) is 0 Å². The quantitative estimate of drug-likeness (QED) is 0.606. The van der Waals surface area contributed by atoms with Gasteiger partial charge in [0.05, 0.1) is 16.2 Å². The third-order valence-corrected chi connectivity index (χ3v) is 5.79. The fraction of sp³-hybridized carbons (Fsp3) is 0.471. The van der Waals surface area contributed by atoms with E-state index in [-0.39, 0.29) is 16.9 Å². The molecule has 0 atom stereocenters. The highest BCUT2D eigenvalue weighted by molar-refractivity contribution is 7.90. The molecule has 0 aliphatic carbocycles. The number of benzene rings is 1. The van der Waals surface area contributed by atoms with E-state index in [9.17, 15) is 18.5 Å². The van der Waals surface area contributed by atoms with Gasteiger partial charge in [0.1, 0.15) is 15.7 Å². The third-order valence-electron chi connectivity index (χ3n) is 4.65. The third kappa shape index (κ3) is 4.47. The smallest absolute Gasteiger partial charge is 0.270 e. The van der Waals surface area contributed by atoms with E-state index in [1.165, 1.54) is 18.4 Å². The van der Waals surface area contributed by atoms with Gasteiger partial charge in [-0.15, -0.1) is 0 Å². The van der Waals surface area contributed by atoms with Gasteiger partial charge in [0.15, 0.2) is 0 Å². The van der Waals surface area contributed by atoms with Gasteiger partial charge in [-0.2, -0.15) is 0 Å². The Morgan fingerprint density at radius 3 is 2.65 bits per heavy atom. The maximum absolute atomic E-state index is 11.8. The zero-order valence-electron chi connectivity index (χ0n) is 14.5. The summed E-state index contributed by atoms with van der Waals surface area (Å²) in [6, 6.07) is 8.03. The first-order valence-corrected chi connectivity index (χ1v) is 10.4. The molecule has 0 unspecified atom stereocenters. The van der Waals surface area contributed by atoms with E-state index < -0.39 is 14.8 Å². The molecule has 1 fully saturated rings. The van der Waals surface area contributed by atoms with E-state index >= 15 is 0 Å². The second-order valence-electron chi connectivity index (χ2n) is 6.87. The summed E-state index contributed by atoms with van der Waals surface area (Å²) in [7, 11) is -3.11. The van der Waals surface area contributed by atoms with Crippen molar-refractivity contribution in [3.05, 3.63) is 40.4 Å². The van der Waals surface area contributed by atoms with Gasteiger partial charge in [-0.1, -0.05) is 0 Å². The zero-order chi connectivity index (χ0) is 18.8. The van der Waals surface area contributed by atoms with Crippen molar-refractivity contribution in [1.29, 1.82) is 0 Å². The number of anilines is 1. The molecule has 0 saturated carbocycles. The van der Waals surface area contributed by atoms with Crippen molar-refractivity contribution in [1.82, 2.24) is 4.98 Å². The first-order valence-electron chi connectivity index (χ1n) is 8.31. The van der Waals surface area contributed by atoms with Crippen LogP contribution in [0.1, 0.15) is 12.8 Å². The van der Waals surface area contributed by atoms with E-state index in [0.29, 0.717) is 49.3 Å². The van der Waals surface area contributed by atoms with Crippen molar-refractivity contribution in [2.24, 2.45) is 5.41 Å². The van der Waals surface area contributed by atoms with E-state index in [2.05, 4.69) is 10.3 Å². The monoisotopic (exact) mass is 379 g/mol. The van der Waals surface area contributed by atoms with E-state index in [4.69, 9.17) is 4.74 Å². The Morgan fingerprint density at radius 2 is 2.00 bits per heavy atom. The van der Waals surface area contributed by atoms with Crippen LogP contribution in [0.5, 0.6) is 0 Å². The minimum absolute atomic E-state index is 0.0225. The second kappa shape index (κ2) is 7.16. The summed E-state index contributed by atoms with van der Waals surface area (Å²) in [5.74, 6) is 0.724. The lowest BCUT2D eigenvalue weighted by atomic mass is 9.82. The van der Waals surface area contributed by atoms with Gasteiger partial charge in [-0.3, -0.25) is 10.1 Å². The number of nitro benzene ring substituents is 1.